The van der Waals surface area contributed by atoms with E-state index in [-0.39, 0.29) is 13.2 Å². The van der Waals surface area contributed by atoms with Crippen molar-refractivity contribution in [1.82, 2.24) is 15.1 Å². The Bertz CT molecular complexity index is 1250. The number of hydrogen-bond acceptors (Lipinski definition) is 9. The Morgan fingerprint density at radius 2 is 1.89 bits per heavy atom. The van der Waals surface area contributed by atoms with Crippen LogP contribution in [0.15, 0.2) is 35.0 Å². The first-order valence-electron chi connectivity index (χ1n) is 11.9. The molecular weight excluding hydrogens is 470 g/mol. The van der Waals surface area contributed by atoms with Crippen molar-refractivity contribution in [1.29, 1.82) is 0 Å². The van der Waals surface area contributed by atoms with Crippen molar-refractivity contribution >= 4 is 10.1 Å². The Morgan fingerprint density at radius 1 is 1.09 bits per heavy atom. The normalized spacial score (nSPS) is 14.4. The number of ether oxygens (including phenoxy) is 2. The molecule has 1 saturated carbocycles. The summed E-state index contributed by atoms with van der Waals surface area (Å²) < 4.78 is 44.4. The second-order valence-electron chi connectivity index (χ2n) is 8.68. The zero-order chi connectivity index (χ0) is 24.8. The lowest BCUT2D eigenvalue weighted by molar-refractivity contribution is 0.221. The van der Waals surface area contributed by atoms with Gasteiger partial charge in [-0.3, -0.25) is 4.18 Å². The Hall–Kier alpha value is -2.98. The first-order valence-corrected chi connectivity index (χ1v) is 13.7. The van der Waals surface area contributed by atoms with Gasteiger partial charge in [0, 0.05) is 11.8 Å². The topological polar surface area (TPSA) is 114 Å². The van der Waals surface area contributed by atoms with Crippen LogP contribution < -0.4 is 9.47 Å². The zero-order valence-electron chi connectivity index (χ0n) is 20.3. The molecule has 2 aromatic heterocycles. The van der Waals surface area contributed by atoms with Crippen LogP contribution >= 0.6 is 0 Å². The molecule has 0 unspecified atom stereocenters. The minimum Gasteiger partial charge on any atom is -0.491 e. The number of benzene rings is 1. The number of nitrogens with zero attached hydrogens (tertiary/aromatic N) is 3. The number of aromatic nitrogens is 3. The molecule has 1 fully saturated rings. The van der Waals surface area contributed by atoms with Crippen molar-refractivity contribution in [2.24, 2.45) is 5.92 Å². The largest absolute Gasteiger partial charge is 0.491 e. The molecule has 0 N–H and O–H groups in total. The minimum atomic E-state index is -3.50. The van der Waals surface area contributed by atoms with E-state index < -0.39 is 10.1 Å². The van der Waals surface area contributed by atoms with E-state index in [9.17, 15) is 8.42 Å². The monoisotopic (exact) mass is 501 g/mol. The molecule has 0 bridgehead atoms. The molecule has 1 aliphatic rings. The summed E-state index contributed by atoms with van der Waals surface area (Å²) in [5.41, 5.74) is 3.44. The van der Waals surface area contributed by atoms with E-state index in [1.807, 2.05) is 38.1 Å². The highest BCUT2D eigenvalue weighted by Gasteiger charge is 2.21. The SMILES string of the molecule is CCc1c(OCCOS(C)(=O)=O)ccc(-c2noc(-c3cccnc3OCC3CCCC3)n2)c1C. The summed E-state index contributed by atoms with van der Waals surface area (Å²) in [7, 11) is -3.50. The van der Waals surface area contributed by atoms with Gasteiger partial charge in [0.25, 0.3) is 16.0 Å². The molecule has 2 heterocycles. The highest BCUT2D eigenvalue weighted by molar-refractivity contribution is 7.85. The molecule has 0 atom stereocenters. The van der Waals surface area contributed by atoms with Gasteiger partial charge in [-0.05, 0) is 67.5 Å². The fourth-order valence-corrected chi connectivity index (χ4v) is 4.74. The van der Waals surface area contributed by atoms with E-state index in [1.165, 1.54) is 25.7 Å². The number of hydrogen-bond donors (Lipinski definition) is 0. The summed E-state index contributed by atoms with van der Waals surface area (Å²) >= 11 is 0. The first kappa shape index (κ1) is 25.1. The molecule has 0 saturated heterocycles. The van der Waals surface area contributed by atoms with Crippen LogP contribution in [0.3, 0.4) is 0 Å². The lowest BCUT2D eigenvalue weighted by Crippen LogP contribution is -2.12. The van der Waals surface area contributed by atoms with Crippen LogP contribution in [0.25, 0.3) is 22.8 Å². The Labute approximate surface area is 205 Å². The third kappa shape index (κ3) is 6.37. The molecular formula is C25H31N3O6S. The Kier molecular flexibility index (Phi) is 8.02. The highest BCUT2D eigenvalue weighted by Crippen LogP contribution is 2.34. The lowest BCUT2D eigenvalue weighted by atomic mass is 9.99. The summed E-state index contributed by atoms with van der Waals surface area (Å²) in [6.07, 6.45) is 8.32. The van der Waals surface area contributed by atoms with Gasteiger partial charge in [0.15, 0.2) is 0 Å². The third-order valence-corrected chi connectivity index (χ3v) is 6.74. The quantitative estimate of drug-likeness (QED) is 0.275. The van der Waals surface area contributed by atoms with Gasteiger partial charge in [0.2, 0.25) is 11.7 Å². The molecule has 4 rings (SSSR count). The lowest BCUT2D eigenvalue weighted by Gasteiger charge is -2.14. The van der Waals surface area contributed by atoms with Crippen LogP contribution in [0.5, 0.6) is 11.6 Å². The fourth-order valence-electron chi connectivity index (χ4n) is 4.37. The summed E-state index contributed by atoms with van der Waals surface area (Å²) in [5, 5.41) is 4.21. The molecule has 3 aromatic rings. The number of rotatable bonds is 11. The van der Waals surface area contributed by atoms with Crippen molar-refractivity contribution < 1.29 is 26.6 Å². The minimum absolute atomic E-state index is 0.0484. The van der Waals surface area contributed by atoms with Crippen LogP contribution in [0.4, 0.5) is 0 Å². The molecule has 9 nitrogen and oxygen atoms in total. The molecule has 0 aliphatic heterocycles. The van der Waals surface area contributed by atoms with E-state index >= 15 is 0 Å². The van der Waals surface area contributed by atoms with Gasteiger partial charge in [-0.15, -0.1) is 0 Å². The summed E-state index contributed by atoms with van der Waals surface area (Å²) in [6.45, 7) is 4.71. The maximum Gasteiger partial charge on any atom is 0.264 e. The van der Waals surface area contributed by atoms with E-state index in [1.54, 1.807) is 6.20 Å². The highest BCUT2D eigenvalue weighted by atomic mass is 32.2. The second kappa shape index (κ2) is 11.2. The van der Waals surface area contributed by atoms with Gasteiger partial charge in [-0.1, -0.05) is 24.9 Å². The van der Waals surface area contributed by atoms with Gasteiger partial charge in [0.05, 0.1) is 12.9 Å². The molecule has 0 spiro atoms. The van der Waals surface area contributed by atoms with Crippen LogP contribution in [0, 0.1) is 12.8 Å². The smallest absolute Gasteiger partial charge is 0.264 e. The number of pyridine rings is 1. The van der Waals surface area contributed by atoms with Gasteiger partial charge >= 0.3 is 0 Å². The van der Waals surface area contributed by atoms with Crippen LogP contribution in [0.1, 0.15) is 43.7 Å². The molecule has 1 aliphatic carbocycles. The predicted molar refractivity (Wildman–Crippen MR) is 131 cm³/mol. The first-order chi connectivity index (χ1) is 16.9. The van der Waals surface area contributed by atoms with Gasteiger partial charge in [-0.2, -0.15) is 13.4 Å². The molecule has 35 heavy (non-hydrogen) atoms. The second-order valence-corrected chi connectivity index (χ2v) is 10.3. The summed E-state index contributed by atoms with van der Waals surface area (Å²) in [4.78, 5) is 9.03. The van der Waals surface area contributed by atoms with E-state index in [2.05, 4.69) is 15.1 Å². The standard InChI is InChI=1S/C25H31N3O6S/c1-4-19-17(2)20(11-12-22(19)31-14-15-33-35(3,29)30)23-27-25(34-28-23)21-10-7-13-26-24(21)32-16-18-8-5-6-9-18/h7,10-13,18H,4-6,8-9,14-16H2,1-3H3. The molecule has 0 amide bonds. The van der Waals surface area contributed by atoms with E-state index in [0.717, 1.165) is 22.9 Å². The Balaban J connectivity index is 1.51. The van der Waals surface area contributed by atoms with E-state index in [4.69, 9.17) is 18.2 Å². The molecule has 0 radical (unpaired) electrons. The predicted octanol–water partition coefficient (Wildman–Crippen LogP) is 4.59. The average molecular weight is 502 g/mol. The third-order valence-electron chi connectivity index (χ3n) is 6.15. The van der Waals surface area contributed by atoms with Crippen molar-refractivity contribution in [3.63, 3.8) is 0 Å². The van der Waals surface area contributed by atoms with E-state index in [0.29, 0.717) is 47.9 Å². The molecule has 10 heteroatoms. The fraction of sp³-hybridized carbons (Fsp3) is 0.480. The van der Waals surface area contributed by atoms with Crippen molar-refractivity contribution in [3.05, 3.63) is 41.6 Å². The van der Waals surface area contributed by atoms with Crippen molar-refractivity contribution in [3.8, 4) is 34.5 Å². The maximum atomic E-state index is 11.1. The van der Waals surface area contributed by atoms with Gasteiger partial charge in [-0.25, -0.2) is 4.98 Å². The van der Waals surface area contributed by atoms with Crippen molar-refractivity contribution in [2.45, 2.75) is 46.0 Å². The zero-order valence-corrected chi connectivity index (χ0v) is 21.1. The summed E-state index contributed by atoms with van der Waals surface area (Å²) in [5.74, 6) is 2.55. The average Bonchev–Trinajstić information content (AvgIpc) is 3.53. The van der Waals surface area contributed by atoms with Crippen LogP contribution in [-0.4, -0.2) is 49.6 Å². The Morgan fingerprint density at radius 3 is 2.63 bits per heavy atom. The molecule has 188 valence electrons. The van der Waals surface area contributed by atoms with Crippen LogP contribution in [0.2, 0.25) is 0 Å². The van der Waals surface area contributed by atoms with Gasteiger partial charge < -0.3 is 14.0 Å². The van der Waals surface area contributed by atoms with Crippen LogP contribution in [-0.2, 0) is 20.7 Å². The maximum absolute atomic E-state index is 11.1. The molecule has 1 aromatic carbocycles. The van der Waals surface area contributed by atoms with Gasteiger partial charge in [0.1, 0.15) is 24.5 Å². The summed E-state index contributed by atoms with van der Waals surface area (Å²) in [6, 6.07) is 7.39. The van der Waals surface area contributed by atoms with Crippen molar-refractivity contribution in [2.75, 3.05) is 26.1 Å².